The van der Waals surface area contributed by atoms with Crippen molar-refractivity contribution in [1.29, 1.82) is 0 Å². The van der Waals surface area contributed by atoms with Gasteiger partial charge in [0, 0.05) is 24.3 Å². The molecule has 174 valence electrons. The molecular weight excluding hydrogens is 424 g/mol. The molecule has 3 aromatic rings. The summed E-state index contributed by atoms with van der Waals surface area (Å²) >= 11 is 0. The normalized spacial score (nSPS) is 15.2. The van der Waals surface area contributed by atoms with E-state index in [9.17, 15) is 13.6 Å². The molecule has 8 heteroatoms. The minimum Gasteiger partial charge on any atom is -0.340 e. The van der Waals surface area contributed by atoms with Crippen LogP contribution in [0, 0.1) is 18.6 Å². The highest BCUT2D eigenvalue weighted by Crippen LogP contribution is 2.39. The summed E-state index contributed by atoms with van der Waals surface area (Å²) in [6.07, 6.45) is 0. The standard InChI is InChI=1S/C25H29F2N5O/c1-16-14-19(10-11-20(16)27)28-23-22(17-6-8-18(26)9-7-17)29-24-25(2,3)32(13-12-30(4)5)21(33)15-31(23)24/h6-11,14,28H,12-13,15H2,1-5H3. The van der Waals surface area contributed by atoms with Crippen molar-refractivity contribution in [1.82, 2.24) is 19.4 Å². The number of benzene rings is 2. The highest BCUT2D eigenvalue weighted by Gasteiger charge is 2.42. The van der Waals surface area contributed by atoms with Gasteiger partial charge < -0.3 is 19.7 Å². The van der Waals surface area contributed by atoms with Crippen LogP contribution in [0.4, 0.5) is 20.3 Å². The molecule has 33 heavy (non-hydrogen) atoms. The topological polar surface area (TPSA) is 53.4 Å². The number of likely N-dealkylation sites (N-methyl/N-ethyl adjacent to an activating group) is 1. The van der Waals surface area contributed by atoms with Crippen LogP contribution in [0.5, 0.6) is 0 Å². The number of fused-ring (bicyclic) bond motifs is 1. The van der Waals surface area contributed by atoms with E-state index in [-0.39, 0.29) is 24.1 Å². The molecule has 0 unspecified atom stereocenters. The van der Waals surface area contributed by atoms with Gasteiger partial charge in [-0.25, -0.2) is 13.8 Å². The first-order valence-electron chi connectivity index (χ1n) is 10.9. The molecule has 0 bridgehead atoms. The van der Waals surface area contributed by atoms with Crippen molar-refractivity contribution >= 4 is 17.4 Å². The molecule has 0 fully saturated rings. The van der Waals surface area contributed by atoms with E-state index in [2.05, 4.69) is 5.32 Å². The molecule has 1 aliphatic heterocycles. The highest BCUT2D eigenvalue weighted by atomic mass is 19.1. The van der Waals surface area contributed by atoms with E-state index in [0.717, 1.165) is 17.9 Å². The lowest BCUT2D eigenvalue weighted by Crippen LogP contribution is -2.54. The molecule has 1 N–H and O–H groups in total. The van der Waals surface area contributed by atoms with Gasteiger partial charge in [0.05, 0.1) is 5.54 Å². The number of halogens is 2. The Hall–Kier alpha value is -3.26. The van der Waals surface area contributed by atoms with E-state index in [4.69, 9.17) is 4.98 Å². The second kappa shape index (κ2) is 8.59. The van der Waals surface area contributed by atoms with Crippen LogP contribution in [0.1, 0.15) is 25.2 Å². The third kappa shape index (κ3) is 4.35. The van der Waals surface area contributed by atoms with Crippen molar-refractivity contribution in [2.75, 3.05) is 32.5 Å². The van der Waals surface area contributed by atoms with E-state index in [1.165, 1.54) is 18.2 Å². The number of hydrogen-bond acceptors (Lipinski definition) is 4. The number of hydrogen-bond donors (Lipinski definition) is 1. The monoisotopic (exact) mass is 453 g/mol. The van der Waals surface area contributed by atoms with Crippen LogP contribution in [0.25, 0.3) is 11.3 Å². The molecule has 0 radical (unpaired) electrons. The van der Waals surface area contributed by atoms with Crippen LogP contribution in [0.3, 0.4) is 0 Å². The number of carbonyl (C=O) groups is 1. The number of aryl methyl sites for hydroxylation is 1. The summed E-state index contributed by atoms with van der Waals surface area (Å²) in [5.41, 5.74) is 1.87. The first-order valence-corrected chi connectivity index (χ1v) is 10.9. The summed E-state index contributed by atoms with van der Waals surface area (Å²) in [7, 11) is 3.95. The number of nitrogens with one attached hydrogen (secondary N) is 1. The number of imidazole rings is 1. The third-order valence-electron chi connectivity index (χ3n) is 6.09. The Morgan fingerprint density at radius 1 is 1.12 bits per heavy atom. The number of rotatable bonds is 6. The molecule has 4 rings (SSSR count). The number of nitrogens with zero attached hydrogens (tertiary/aromatic N) is 4. The summed E-state index contributed by atoms with van der Waals surface area (Å²) in [5, 5.41) is 3.35. The molecule has 0 saturated heterocycles. The molecule has 0 aliphatic carbocycles. The van der Waals surface area contributed by atoms with E-state index in [0.29, 0.717) is 29.3 Å². The zero-order valence-electron chi connectivity index (χ0n) is 19.6. The van der Waals surface area contributed by atoms with Crippen molar-refractivity contribution in [3.05, 3.63) is 65.5 Å². The van der Waals surface area contributed by atoms with Crippen LogP contribution < -0.4 is 5.32 Å². The van der Waals surface area contributed by atoms with Crippen LogP contribution in [-0.2, 0) is 16.9 Å². The Balaban J connectivity index is 1.84. The van der Waals surface area contributed by atoms with Gasteiger partial charge in [-0.3, -0.25) is 4.79 Å². The van der Waals surface area contributed by atoms with E-state index < -0.39 is 5.54 Å². The lowest BCUT2D eigenvalue weighted by molar-refractivity contribution is -0.140. The van der Waals surface area contributed by atoms with Crippen molar-refractivity contribution in [2.45, 2.75) is 32.9 Å². The van der Waals surface area contributed by atoms with Gasteiger partial charge in [0.2, 0.25) is 5.91 Å². The minimum absolute atomic E-state index is 0.00394. The second-order valence-electron chi connectivity index (χ2n) is 9.22. The predicted molar refractivity (Wildman–Crippen MR) is 125 cm³/mol. The summed E-state index contributed by atoms with van der Waals surface area (Å²) in [5.74, 6) is 0.729. The van der Waals surface area contributed by atoms with Gasteiger partial charge in [-0.1, -0.05) is 0 Å². The maximum atomic E-state index is 13.8. The summed E-state index contributed by atoms with van der Waals surface area (Å²) < 4.78 is 29.3. The third-order valence-corrected chi connectivity index (χ3v) is 6.09. The summed E-state index contributed by atoms with van der Waals surface area (Å²) in [6.45, 7) is 7.11. The number of carbonyl (C=O) groups excluding carboxylic acids is 1. The van der Waals surface area contributed by atoms with Crippen molar-refractivity contribution < 1.29 is 13.6 Å². The number of anilines is 2. The maximum Gasteiger partial charge on any atom is 0.243 e. The molecule has 6 nitrogen and oxygen atoms in total. The van der Waals surface area contributed by atoms with E-state index >= 15 is 0 Å². The fourth-order valence-corrected chi connectivity index (χ4v) is 4.23. The lowest BCUT2D eigenvalue weighted by Gasteiger charge is -2.42. The predicted octanol–water partition coefficient (Wildman–Crippen LogP) is 4.52. The Kier molecular flexibility index (Phi) is 5.97. The smallest absolute Gasteiger partial charge is 0.243 e. The average molecular weight is 454 g/mol. The molecule has 1 amide bonds. The molecule has 0 saturated carbocycles. The quantitative estimate of drug-likeness (QED) is 0.596. The first kappa shape index (κ1) is 22.9. The van der Waals surface area contributed by atoms with Gasteiger partial charge in [-0.15, -0.1) is 0 Å². The number of aromatic nitrogens is 2. The molecule has 1 aromatic heterocycles. The summed E-state index contributed by atoms with van der Waals surface area (Å²) in [6, 6.07) is 10.9. The highest BCUT2D eigenvalue weighted by molar-refractivity contribution is 5.83. The van der Waals surface area contributed by atoms with Crippen LogP contribution in [0.2, 0.25) is 0 Å². The average Bonchev–Trinajstić information content (AvgIpc) is 3.09. The lowest BCUT2D eigenvalue weighted by atomic mass is 9.98. The van der Waals surface area contributed by atoms with Crippen LogP contribution in [0.15, 0.2) is 42.5 Å². The minimum atomic E-state index is -0.654. The Labute approximate surface area is 192 Å². The Morgan fingerprint density at radius 2 is 1.82 bits per heavy atom. The van der Waals surface area contributed by atoms with Gasteiger partial charge in [0.25, 0.3) is 0 Å². The molecule has 2 heterocycles. The first-order chi connectivity index (χ1) is 15.6. The SMILES string of the molecule is Cc1cc(Nc2c(-c3ccc(F)cc3)nc3n2CC(=O)N(CCN(C)C)C3(C)C)ccc1F. The van der Waals surface area contributed by atoms with Crippen LogP contribution >= 0.6 is 0 Å². The fraction of sp³-hybridized carbons (Fsp3) is 0.360. The zero-order valence-corrected chi connectivity index (χ0v) is 19.6. The maximum absolute atomic E-state index is 13.8. The largest absolute Gasteiger partial charge is 0.340 e. The van der Waals surface area contributed by atoms with Crippen molar-refractivity contribution in [2.24, 2.45) is 0 Å². The van der Waals surface area contributed by atoms with Gasteiger partial charge in [0.1, 0.15) is 35.5 Å². The van der Waals surface area contributed by atoms with Crippen LogP contribution in [-0.4, -0.2) is 52.4 Å². The number of amides is 1. The molecule has 2 aromatic carbocycles. The van der Waals surface area contributed by atoms with Gasteiger partial charge in [-0.2, -0.15) is 0 Å². The molecule has 1 aliphatic rings. The Bertz CT molecular complexity index is 1180. The molecule has 0 atom stereocenters. The van der Waals surface area contributed by atoms with Gasteiger partial charge in [0.15, 0.2) is 0 Å². The fourth-order valence-electron chi connectivity index (χ4n) is 4.23. The van der Waals surface area contributed by atoms with Gasteiger partial charge in [-0.05, 0) is 82.9 Å². The van der Waals surface area contributed by atoms with E-state index in [1.807, 2.05) is 42.3 Å². The molecular formula is C25H29F2N5O. The zero-order chi connectivity index (χ0) is 23.9. The van der Waals surface area contributed by atoms with Crippen molar-refractivity contribution in [3.8, 4) is 11.3 Å². The molecule has 0 spiro atoms. The van der Waals surface area contributed by atoms with Crippen molar-refractivity contribution in [3.63, 3.8) is 0 Å². The van der Waals surface area contributed by atoms with Gasteiger partial charge >= 0.3 is 0 Å². The second-order valence-corrected chi connectivity index (χ2v) is 9.22. The Morgan fingerprint density at radius 3 is 2.45 bits per heavy atom. The summed E-state index contributed by atoms with van der Waals surface area (Å²) in [4.78, 5) is 22.1. The van der Waals surface area contributed by atoms with E-state index in [1.54, 1.807) is 31.2 Å².